The first kappa shape index (κ1) is 15.6. The number of carbonyl (C=O) groups is 1. The molecule has 2 aromatic rings. The van der Waals surface area contributed by atoms with Crippen molar-refractivity contribution in [2.45, 2.75) is 13.5 Å². The van der Waals surface area contributed by atoms with Crippen LogP contribution in [0.3, 0.4) is 0 Å². The lowest BCUT2D eigenvalue weighted by molar-refractivity contribution is -0.912. The van der Waals surface area contributed by atoms with Crippen molar-refractivity contribution in [3.8, 4) is 10.6 Å². The van der Waals surface area contributed by atoms with Crippen molar-refractivity contribution < 1.29 is 19.9 Å². The minimum absolute atomic E-state index is 0.0264. The smallest absolute Gasteiger partial charge is 0.124 e. The molecule has 0 fully saturated rings. The van der Waals surface area contributed by atoms with Gasteiger partial charge < -0.3 is 19.9 Å². The molecule has 2 rings (SSSR count). The topological polar surface area (TPSA) is 77.7 Å². The van der Waals surface area contributed by atoms with E-state index in [4.69, 9.17) is 5.11 Å². The Morgan fingerprint density at radius 3 is 2.90 bits per heavy atom. The van der Waals surface area contributed by atoms with E-state index in [0.29, 0.717) is 11.6 Å². The van der Waals surface area contributed by atoms with Gasteiger partial charge in [-0.1, -0.05) is 18.2 Å². The van der Waals surface area contributed by atoms with Crippen molar-refractivity contribution in [1.82, 2.24) is 4.98 Å². The van der Waals surface area contributed by atoms with Gasteiger partial charge in [0, 0.05) is 16.5 Å². The number of carboxylic acid groups (broad SMARTS) is 1. The number of nitrogens with one attached hydrogen (secondary N) is 1. The lowest BCUT2D eigenvalue weighted by atomic mass is 10.1. The number of aliphatic hydroxyl groups is 1. The van der Waals surface area contributed by atoms with Crippen LogP contribution < -0.4 is 10.0 Å². The fourth-order valence-corrected chi connectivity index (χ4v) is 2.94. The maximum absolute atomic E-state index is 10.8. The number of aromatic nitrogens is 1. The Hall–Kier alpha value is -1.76. The third-order valence-electron chi connectivity index (χ3n) is 3.31. The van der Waals surface area contributed by atoms with Gasteiger partial charge in [0.05, 0.1) is 24.8 Å². The molecule has 0 bridgehead atoms. The van der Waals surface area contributed by atoms with Gasteiger partial charge in [-0.2, -0.15) is 0 Å². The van der Waals surface area contributed by atoms with E-state index in [1.807, 2.05) is 24.3 Å². The Morgan fingerprint density at radius 2 is 2.29 bits per heavy atom. The highest BCUT2D eigenvalue weighted by atomic mass is 32.1. The maximum Gasteiger partial charge on any atom is 0.124 e. The van der Waals surface area contributed by atoms with E-state index in [-0.39, 0.29) is 12.3 Å². The number of rotatable bonds is 7. The molecule has 1 atom stereocenters. The molecule has 1 aromatic heterocycles. The molecule has 1 unspecified atom stereocenters. The summed E-state index contributed by atoms with van der Waals surface area (Å²) in [6.45, 7) is 4.74. The summed E-state index contributed by atoms with van der Waals surface area (Å²) in [7, 11) is 0. The van der Waals surface area contributed by atoms with Gasteiger partial charge in [0.25, 0.3) is 0 Å². The van der Waals surface area contributed by atoms with Gasteiger partial charge in [0.1, 0.15) is 18.1 Å². The van der Waals surface area contributed by atoms with Crippen LogP contribution >= 0.6 is 11.3 Å². The molecule has 0 aliphatic rings. The molecule has 5 nitrogen and oxygen atoms in total. The van der Waals surface area contributed by atoms with E-state index < -0.39 is 5.97 Å². The first-order valence-electron chi connectivity index (χ1n) is 6.84. The van der Waals surface area contributed by atoms with Gasteiger partial charge in [-0.05, 0) is 13.0 Å². The third kappa shape index (κ3) is 4.10. The molecular weight excluding hydrogens is 288 g/mol. The predicted octanol–water partition coefficient (Wildman–Crippen LogP) is -0.429. The molecular formula is C15H18N2O3S. The van der Waals surface area contributed by atoms with Gasteiger partial charge >= 0.3 is 0 Å². The van der Waals surface area contributed by atoms with Crippen molar-refractivity contribution >= 4 is 17.3 Å². The van der Waals surface area contributed by atoms with Crippen molar-refractivity contribution in [2.75, 3.05) is 19.7 Å². The Balaban J connectivity index is 2.18. The van der Waals surface area contributed by atoms with Gasteiger partial charge in [0.2, 0.25) is 0 Å². The van der Waals surface area contributed by atoms with Gasteiger partial charge in [0.15, 0.2) is 0 Å². The number of hydrogen-bond donors (Lipinski definition) is 2. The number of hydrogen-bond acceptors (Lipinski definition) is 5. The SMILES string of the molecule is CC[NH+](CCO)Cc1cccc(-c2nc(C(=O)[O-])cs2)c1. The predicted molar refractivity (Wildman–Crippen MR) is 79.0 cm³/mol. The van der Waals surface area contributed by atoms with Crippen LogP contribution in [-0.4, -0.2) is 35.8 Å². The fourth-order valence-electron chi connectivity index (χ4n) is 2.15. The standard InChI is InChI=1S/C15H18N2O3S/c1-2-17(6-7-18)9-11-4-3-5-12(8-11)14-16-13(10-21-14)15(19)20/h3-5,8,10,18H,2,6-7,9H2,1H3,(H,19,20). The van der Waals surface area contributed by atoms with Crippen LogP contribution in [0.1, 0.15) is 23.0 Å². The number of aliphatic hydroxyl groups excluding tert-OH is 1. The van der Waals surface area contributed by atoms with E-state index in [2.05, 4.69) is 11.9 Å². The van der Waals surface area contributed by atoms with E-state index in [0.717, 1.165) is 24.2 Å². The molecule has 6 heteroatoms. The number of nitrogens with zero attached hydrogens (tertiary/aromatic N) is 1. The number of aromatic carboxylic acids is 1. The molecule has 0 radical (unpaired) electrons. The van der Waals surface area contributed by atoms with Crippen LogP contribution in [0.4, 0.5) is 0 Å². The molecule has 0 aliphatic carbocycles. The van der Waals surface area contributed by atoms with Gasteiger partial charge in [-0.3, -0.25) is 0 Å². The fraction of sp³-hybridized carbons (Fsp3) is 0.333. The molecule has 0 saturated heterocycles. The summed E-state index contributed by atoms with van der Waals surface area (Å²) in [6.07, 6.45) is 0. The summed E-state index contributed by atoms with van der Waals surface area (Å²) < 4.78 is 0. The molecule has 0 spiro atoms. The summed E-state index contributed by atoms with van der Waals surface area (Å²) >= 11 is 1.30. The summed E-state index contributed by atoms with van der Waals surface area (Å²) in [4.78, 5) is 16.1. The number of thiazole rings is 1. The summed E-state index contributed by atoms with van der Waals surface area (Å²) in [6, 6.07) is 7.91. The highest BCUT2D eigenvalue weighted by molar-refractivity contribution is 7.13. The lowest BCUT2D eigenvalue weighted by Crippen LogP contribution is -3.10. The Kier molecular flexibility index (Phi) is 5.44. The molecule has 112 valence electrons. The first-order valence-corrected chi connectivity index (χ1v) is 7.72. The number of benzene rings is 1. The Morgan fingerprint density at radius 1 is 1.48 bits per heavy atom. The van der Waals surface area contributed by atoms with E-state index in [1.165, 1.54) is 21.6 Å². The highest BCUT2D eigenvalue weighted by Gasteiger charge is 2.09. The van der Waals surface area contributed by atoms with Crippen LogP contribution in [-0.2, 0) is 6.54 Å². The first-order chi connectivity index (χ1) is 10.1. The van der Waals surface area contributed by atoms with Gasteiger partial charge in [-0.25, -0.2) is 4.98 Å². The quantitative estimate of drug-likeness (QED) is 0.728. The minimum atomic E-state index is -1.25. The zero-order valence-electron chi connectivity index (χ0n) is 11.8. The summed E-state index contributed by atoms with van der Waals surface area (Å²) in [5, 5.41) is 22.0. The lowest BCUT2D eigenvalue weighted by Gasteiger charge is -2.16. The zero-order chi connectivity index (χ0) is 15.2. The van der Waals surface area contributed by atoms with E-state index in [9.17, 15) is 9.90 Å². The summed E-state index contributed by atoms with van der Waals surface area (Å²) in [5.41, 5.74) is 2.02. The van der Waals surface area contributed by atoms with E-state index in [1.54, 1.807) is 0 Å². The van der Waals surface area contributed by atoms with Crippen LogP contribution in [0, 0.1) is 0 Å². The van der Waals surface area contributed by atoms with Crippen molar-refractivity contribution in [3.05, 3.63) is 40.9 Å². The largest absolute Gasteiger partial charge is 0.543 e. The minimum Gasteiger partial charge on any atom is -0.543 e. The molecule has 1 aromatic carbocycles. The molecule has 0 amide bonds. The Bertz CT molecular complexity index is 612. The highest BCUT2D eigenvalue weighted by Crippen LogP contribution is 2.24. The van der Waals surface area contributed by atoms with Crippen LogP contribution in [0.25, 0.3) is 10.6 Å². The summed E-state index contributed by atoms with van der Waals surface area (Å²) in [5.74, 6) is -1.25. The second-order valence-corrected chi connectivity index (χ2v) is 5.64. The number of quaternary nitrogens is 1. The van der Waals surface area contributed by atoms with Crippen molar-refractivity contribution in [2.24, 2.45) is 0 Å². The van der Waals surface area contributed by atoms with Crippen molar-refractivity contribution in [3.63, 3.8) is 0 Å². The molecule has 0 saturated carbocycles. The monoisotopic (exact) mass is 306 g/mol. The number of carbonyl (C=O) groups excluding carboxylic acids is 1. The average molecular weight is 306 g/mol. The second kappa shape index (κ2) is 7.31. The molecule has 2 N–H and O–H groups in total. The normalized spacial score (nSPS) is 12.3. The van der Waals surface area contributed by atoms with Crippen LogP contribution in [0.2, 0.25) is 0 Å². The molecule has 21 heavy (non-hydrogen) atoms. The van der Waals surface area contributed by atoms with Crippen LogP contribution in [0.15, 0.2) is 29.6 Å². The third-order valence-corrected chi connectivity index (χ3v) is 4.20. The number of likely N-dealkylation sites (N-methyl/N-ethyl adjacent to an activating group) is 1. The molecule has 0 aliphatic heterocycles. The van der Waals surface area contributed by atoms with Crippen LogP contribution in [0.5, 0.6) is 0 Å². The zero-order valence-corrected chi connectivity index (χ0v) is 12.7. The maximum atomic E-state index is 10.8. The van der Waals surface area contributed by atoms with Crippen molar-refractivity contribution in [1.29, 1.82) is 0 Å². The Labute approximate surface area is 127 Å². The van der Waals surface area contributed by atoms with E-state index >= 15 is 0 Å². The second-order valence-electron chi connectivity index (χ2n) is 4.78. The number of carboxylic acids is 1. The average Bonchev–Trinajstić information content (AvgIpc) is 2.97. The molecule has 1 heterocycles. The van der Waals surface area contributed by atoms with Gasteiger partial charge in [-0.15, -0.1) is 11.3 Å².